The summed E-state index contributed by atoms with van der Waals surface area (Å²) in [4.78, 5) is 0. The third-order valence-corrected chi connectivity index (χ3v) is 2.52. The number of halogens is 2. The molecule has 2 N–H and O–H groups in total. The lowest BCUT2D eigenvalue weighted by Crippen LogP contribution is -2.09. The van der Waals surface area contributed by atoms with Gasteiger partial charge in [0.05, 0.1) is 57.1 Å². The van der Waals surface area contributed by atoms with E-state index in [0.717, 1.165) is 11.4 Å². The topological polar surface area (TPSA) is 24.1 Å². The number of hydrogen-bond acceptors (Lipinski definition) is 2. The van der Waals surface area contributed by atoms with Crippen molar-refractivity contribution in [2.45, 2.75) is 0 Å². The van der Waals surface area contributed by atoms with Crippen LogP contribution in [0.5, 0.6) is 0 Å². The van der Waals surface area contributed by atoms with Gasteiger partial charge in [0.2, 0.25) is 0 Å². The summed E-state index contributed by atoms with van der Waals surface area (Å²) in [6.07, 6.45) is 12.0. The molecule has 64 valence electrons. The fourth-order valence-corrected chi connectivity index (χ4v) is 1.72. The minimum Gasteiger partial charge on any atom is -0.327 e. The van der Waals surface area contributed by atoms with Crippen molar-refractivity contribution in [3.8, 4) is 0 Å². The zero-order valence-electron chi connectivity index (χ0n) is 6.22. The van der Waals surface area contributed by atoms with E-state index in [1.54, 1.807) is 0 Å². The first kappa shape index (κ1) is 10.1. The highest BCUT2D eigenvalue weighted by Gasteiger charge is 1.99. The van der Waals surface area contributed by atoms with Crippen LogP contribution in [-0.4, -0.2) is 0 Å². The van der Waals surface area contributed by atoms with E-state index in [1.165, 1.54) is 0 Å². The van der Waals surface area contributed by atoms with Crippen LogP contribution in [0, 0.1) is 0 Å². The lowest BCUT2D eigenvalue weighted by molar-refractivity contribution is 1.17. The molecule has 0 aromatic heterocycles. The molecule has 0 aromatic carbocycles. The highest BCUT2D eigenvalue weighted by atomic mass is 127. The van der Waals surface area contributed by atoms with Crippen molar-refractivity contribution in [1.29, 1.82) is 0 Å². The zero-order valence-corrected chi connectivity index (χ0v) is 10.5. The third kappa shape index (κ3) is 2.81. The molecular weight excluding hydrogens is 378 g/mol. The predicted octanol–water partition coefficient (Wildman–Crippen LogP) is 2.76. The van der Waals surface area contributed by atoms with E-state index in [2.05, 4.69) is 52.8 Å². The standard InChI is InChI=1S/C8H8I2N2/c9-11-7-5-3-1-2-4-6-8(7)12-10/h1-6,11-12H/b2-1?,3-1-,4-2+,5-3?,6-4?,7-5+,8-6-,8-7?. The van der Waals surface area contributed by atoms with Gasteiger partial charge in [0, 0.05) is 0 Å². The van der Waals surface area contributed by atoms with Gasteiger partial charge in [-0.2, -0.15) is 0 Å². The van der Waals surface area contributed by atoms with E-state index in [0.29, 0.717) is 0 Å². The van der Waals surface area contributed by atoms with Crippen LogP contribution >= 0.6 is 45.7 Å². The van der Waals surface area contributed by atoms with Gasteiger partial charge in [-0.1, -0.05) is 24.3 Å². The lowest BCUT2D eigenvalue weighted by Gasteiger charge is -2.07. The van der Waals surface area contributed by atoms with E-state index in [1.807, 2.05) is 36.5 Å². The van der Waals surface area contributed by atoms with Crippen molar-refractivity contribution in [3.63, 3.8) is 0 Å². The molecule has 0 saturated heterocycles. The Morgan fingerprint density at radius 1 is 0.750 bits per heavy atom. The molecule has 0 amide bonds. The highest BCUT2D eigenvalue weighted by Crippen LogP contribution is 2.09. The Balaban J connectivity index is 2.91. The van der Waals surface area contributed by atoms with Crippen molar-refractivity contribution < 1.29 is 0 Å². The number of allylic oxidation sites excluding steroid dienone is 6. The summed E-state index contributed by atoms with van der Waals surface area (Å²) in [5.74, 6) is 0. The number of hydrogen-bond donors (Lipinski definition) is 2. The summed E-state index contributed by atoms with van der Waals surface area (Å²) < 4.78 is 6.17. The molecular formula is C8H8I2N2. The summed E-state index contributed by atoms with van der Waals surface area (Å²) in [5.41, 5.74) is 2.15. The Labute approximate surface area is 99.9 Å². The minimum atomic E-state index is 1.07. The fraction of sp³-hybridized carbons (Fsp3) is 0. The molecule has 0 aromatic rings. The molecule has 0 heterocycles. The van der Waals surface area contributed by atoms with Crippen LogP contribution in [0.2, 0.25) is 0 Å². The van der Waals surface area contributed by atoms with E-state index in [9.17, 15) is 0 Å². The van der Waals surface area contributed by atoms with Gasteiger partial charge in [-0.05, 0) is 12.2 Å². The van der Waals surface area contributed by atoms with Crippen molar-refractivity contribution in [3.05, 3.63) is 47.9 Å². The first-order valence-electron chi connectivity index (χ1n) is 3.37. The van der Waals surface area contributed by atoms with Gasteiger partial charge in [0.15, 0.2) is 0 Å². The van der Waals surface area contributed by atoms with Crippen LogP contribution in [0.25, 0.3) is 0 Å². The molecule has 0 aliphatic heterocycles. The van der Waals surface area contributed by atoms with E-state index < -0.39 is 0 Å². The molecule has 4 heteroatoms. The van der Waals surface area contributed by atoms with Gasteiger partial charge < -0.3 is 7.06 Å². The Morgan fingerprint density at radius 2 is 1.17 bits per heavy atom. The fourth-order valence-electron chi connectivity index (χ4n) is 0.776. The second-order valence-electron chi connectivity index (χ2n) is 2.12. The lowest BCUT2D eigenvalue weighted by atomic mass is 10.2. The molecule has 1 rings (SSSR count). The zero-order chi connectivity index (χ0) is 8.81. The van der Waals surface area contributed by atoms with Crippen LogP contribution in [-0.2, 0) is 0 Å². The van der Waals surface area contributed by atoms with Gasteiger partial charge in [-0.15, -0.1) is 0 Å². The van der Waals surface area contributed by atoms with Crippen LogP contribution in [0.1, 0.15) is 0 Å². The van der Waals surface area contributed by atoms with Gasteiger partial charge in [-0.25, -0.2) is 0 Å². The maximum absolute atomic E-state index is 3.08. The Kier molecular flexibility index (Phi) is 4.74. The summed E-state index contributed by atoms with van der Waals surface area (Å²) in [6.45, 7) is 0. The van der Waals surface area contributed by atoms with Crippen LogP contribution in [0.4, 0.5) is 0 Å². The van der Waals surface area contributed by atoms with Crippen LogP contribution < -0.4 is 7.06 Å². The quantitative estimate of drug-likeness (QED) is 0.564. The molecule has 0 spiro atoms. The van der Waals surface area contributed by atoms with Crippen LogP contribution in [0.15, 0.2) is 47.9 Å². The second-order valence-corrected chi connectivity index (χ2v) is 3.20. The van der Waals surface area contributed by atoms with Gasteiger partial charge in [0.1, 0.15) is 0 Å². The molecule has 0 unspecified atom stereocenters. The van der Waals surface area contributed by atoms with E-state index in [4.69, 9.17) is 0 Å². The monoisotopic (exact) mass is 386 g/mol. The summed E-state index contributed by atoms with van der Waals surface area (Å²) in [7, 11) is 0. The van der Waals surface area contributed by atoms with Gasteiger partial charge >= 0.3 is 0 Å². The number of nitrogens with one attached hydrogen (secondary N) is 2. The van der Waals surface area contributed by atoms with Gasteiger partial charge in [0.25, 0.3) is 0 Å². The Hall–Kier alpha value is 0.0200. The average Bonchev–Trinajstić information content (AvgIpc) is 2.05. The summed E-state index contributed by atoms with van der Waals surface area (Å²) >= 11 is 4.23. The van der Waals surface area contributed by atoms with Crippen molar-refractivity contribution >= 4 is 45.7 Å². The minimum absolute atomic E-state index is 1.07. The number of rotatable bonds is 2. The third-order valence-electron chi connectivity index (χ3n) is 1.35. The summed E-state index contributed by atoms with van der Waals surface area (Å²) in [5, 5.41) is 0. The van der Waals surface area contributed by atoms with Crippen molar-refractivity contribution in [2.75, 3.05) is 0 Å². The summed E-state index contributed by atoms with van der Waals surface area (Å²) in [6, 6.07) is 0. The average molecular weight is 386 g/mol. The molecule has 0 atom stereocenters. The normalized spacial score (nSPS) is 29.8. The first-order valence-corrected chi connectivity index (χ1v) is 5.53. The Bertz CT molecular complexity index is 236. The molecule has 12 heavy (non-hydrogen) atoms. The Morgan fingerprint density at radius 3 is 1.50 bits per heavy atom. The van der Waals surface area contributed by atoms with E-state index >= 15 is 0 Å². The predicted molar refractivity (Wildman–Crippen MR) is 68.8 cm³/mol. The van der Waals surface area contributed by atoms with Gasteiger partial charge in [-0.3, -0.25) is 0 Å². The molecule has 0 radical (unpaired) electrons. The largest absolute Gasteiger partial charge is 0.327 e. The molecule has 1 aliphatic rings. The second kappa shape index (κ2) is 5.63. The molecule has 0 fully saturated rings. The first-order chi connectivity index (χ1) is 5.88. The smallest absolute Gasteiger partial charge is 0.0669 e. The SMILES string of the molecule is INC1=C\C=C\C=C/C=C\1NI. The van der Waals surface area contributed by atoms with E-state index in [-0.39, 0.29) is 0 Å². The highest BCUT2D eigenvalue weighted by molar-refractivity contribution is 14.1. The van der Waals surface area contributed by atoms with Crippen LogP contribution in [0.3, 0.4) is 0 Å². The molecule has 2 nitrogen and oxygen atoms in total. The molecule has 0 saturated carbocycles. The maximum Gasteiger partial charge on any atom is 0.0669 e. The van der Waals surface area contributed by atoms with Crippen molar-refractivity contribution in [1.82, 2.24) is 7.06 Å². The van der Waals surface area contributed by atoms with Crippen molar-refractivity contribution in [2.24, 2.45) is 0 Å². The molecule has 0 bridgehead atoms. The maximum atomic E-state index is 3.08. The molecule has 1 aliphatic carbocycles.